The van der Waals surface area contributed by atoms with Crippen LogP contribution in [0.5, 0.6) is 0 Å². The molecule has 1 aliphatic heterocycles. The molecule has 34 heavy (non-hydrogen) atoms. The third kappa shape index (κ3) is 3.55. The number of nitrogens with zero attached hydrogens (tertiary/aromatic N) is 6. The van der Waals surface area contributed by atoms with Gasteiger partial charge < -0.3 is 15.1 Å². The first-order chi connectivity index (χ1) is 16.5. The molecular formula is C24H25FN8O. The first-order valence-corrected chi connectivity index (χ1v) is 11.5. The van der Waals surface area contributed by atoms with Crippen molar-refractivity contribution in [2.45, 2.75) is 25.2 Å². The number of aromatic nitrogens is 5. The number of rotatable bonds is 5. The largest absolute Gasteiger partial charge is 0.338 e. The van der Waals surface area contributed by atoms with E-state index >= 15 is 0 Å². The fraction of sp³-hybridized carbons (Fsp3) is 0.333. The molecule has 1 aliphatic carbocycles. The summed E-state index contributed by atoms with van der Waals surface area (Å²) < 4.78 is 15.2. The average Bonchev–Trinajstić information content (AvgIpc) is 3.33. The van der Waals surface area contributed by atoms with Crippen LogP contribution in [0.1, 0.15) is 24.1 Å². The summed E-state index contributed by atoms with van der Waals surface area (Å²) in [6.07, 6.45) is 3.51. The summed E-state index contributed by atoms with van der Waals surface area (Å²) in [6, 6.07) is 12.2. The van der Waals surface area contributed by atoms with Crippen molar-refractivity contribution in [3.05, 3.63) is 65.7 Å². The number of nitrogens with one attached hydrogen (secondary N) is 2. The van der Waals surface area contributed by atoms with Crippen molar-refractivity contribution in [3.63, 3.8) is 0 Å². The lowest BCUT2D eigenvalue weighted by molar-refractivity contribution is -0.134. The molecule has 0 atom stereocenters. The van der Waals surface area contributed by atoms with E-state index in [-0.39, 0.29) is 11.7 Å². The summed E-state index contributed by atoms with van der Waals surface area (Å²) in [5.41, 5.74) is 2.23. The predicted octanol–water partition coefficient (Wildman–Crippen LogP) is 3.02. The first kappa shape index (κ1) is 20.6. The molecule has 1 saturated carbocycles. The molecule has 4 aromatic rings. The zero-order valence-corrected chi connectivity index (χ0v) is 18.8. The highest BCUT2D eigenvalue weighted by molar-refractivity contribution is 5.91. The molecule has 0 spiro atoms. The van der Waals surface area contributed by atoms with Gasteiger partial charge in [0.25, 0.3) is 0 Å². The highest BCUT2D eigenvalue weighted by atomic mass is 19.1. The van der Waals surface area contributed by atoms with Gasteiger partial charge in [0.15, 0.2) is 11.6 Å². The number of halogens is 1. The Morgan fingerprint density at radius 1 is 1.12 bits per heavy atom. The van der Waals surface area contributed by atoms with Crippen molar-refractivity contribution in [2.24, 2.45) is 0 Å². The van der Waals surface area contributed by atoms with E-state index in [0.717, 1.165) is 29.6 Å². The molecule has 2 aliphatic rings. The summed E-state index contributed by atoms with van der Waals surface area (Å²) in [4.78, 5) is 22.2. The van der Waals surface area contributed by atoms with Gasteiger partial charge in [-0.05, 0) is 49.6 Å². The van der Waals surface area contributed by atoms with Crippen LogP contribution in [0.15, 0.2) is 48.7 Å². The van der Waals surface area contributed by atoms with Gasteiger partial charge in [0.05, 0.1) is 5.41 Å². The maximum absolute atomic E-state index is 13.4. The van der Waals surface area contributed by atoms with E-state index in [1.54, 1.807) is 16.6 Å². The zero-order valence-electron chi connectivity index (χ0n) is 18.8. The fourth-order valence-electron chi connectivity index (χ4n) is 4.68. The SMILES string of the molecule is Cc1cc(Nc2nc(N3CCN(C(=O)C4(c5ccc(F)cc5)CC4)CC3)nn3cccc23)n[nH]1. The molecule has 0 radical (unpaired) electrons. The van der Waals surface area contributed by atoms with E-state index in [1.807, 2.05) is 36.2 Å². The second-order valence-electron chi connectivity index (χ2n) is 9.03. The Labute approximate surface area is 195 Å². The topological polar surface area (TPSA) is 94.5 Å². The van der Waals surface area contributed by atoms with Crippen molar-refractivity contribution < 1.29 is 9.18 Å². The van der Waals surface area contributed by atoms with Crippen LogP contribution < -0.4 is 10.2 Å². The van der Waals surface area contributed by atoms with E-state index in [4.69, 9.17) is 4.98 Å². The molecule has 4 heterocycles. The maximum Gasteiger partial charge on any atom is 0.245 e. The van der Waals surface area contributed by atoms with Crippen LogP contribution in [0.2, 0.25) is 0 Å². The molecular weight excluding hydrogens is 435 g/mol. The Kier molecular flexibility index (Phi) is 4.75. The van der Waals surface area contributed by atoms with Crippen LogP contribution >= 0.6 is 0 Å². The monoisotopic (exact) mass is 460 g/mol. The second kappa shape index (κ2) is 7.82. The first-order valence-electron chi connectivity index (χ1n) is 11.5. The van der Waals surface area contributed by atoms with Gasteiger partial charge in [-0.3, -0.25) is 9.89 Å². The molecule has 1 saturated heterocycles. The van der Waals surface area contributed by atoms with Gasteiger partial charge in [-0.15, -0.1) is 5.10 Å². The average molecular weight is 461 g/mol. The van der Waals surface area contributed by atoms with Gasteiger partial charge in [-0.2, -0.15) is 10.1 Å². The van der Waals surface area contributed by atoms with E-state index in [9.17, 15) is 9.18 Å². The van der Waals surface area contributed by atoms with Crippen LogP contribution in [-0.4, -0.2) is 61.8 Å². The number of aryl methyl sites for hydroxylation is 1. The van der Waals surface area contributed by atoms with Gasteiger partial charge in [-0.25, -0.2) is 8.91 Å². The van der Waals surface area contributed by atoms with Crippen LogP contribution in [0.25, 0.3) is 5.52 Å². The number of fused-ring (bicyclic) bond motifs is 1. The fourth-order valence-corrected chi connectivity index (χ4v) is 4.68. The molecule has 2 fully saturated rings. The summed E-state index contributed by atoms with van der Waals surface area (Å²) in [5.74, 6) is 1.82. The van der Waals surface area contributed by atoms with Gasteiger partial charge in [0.1, 0.15) is 11.3 Å². The summed E-state index contributed by atoms with van der Waals surface area (Å²) >= 11 is 0. The van der Waals surface area contributed by atoms with Gasteiger partial charge in [0, 0.05) is 44.1 Å². The second-order valence-corrected chi connectivity index (χ2v) is 9.03. The molecule has 0 bridgehead atoms. The Morgan fingerprint density at radius 3 is 2.56 bits per heavy atom. The lowest BCUT2D eigenvalue weighted by atomic mass is 9.94. The number of amides is 1. The molecule has 0 unspecified atom stereocenters. The highest BCUT2D eigenvalue weighted by Gasteiger charge is 2.53. The molecule has 1 amide bonds. The van der Waals surface area contributed by atoms with Crippen molar-refractivity contribution in [1.29, 1.82) is 0 Å². The third-order valence-electron chi connectivity index (χ3n) is 6.74. The molecule has 6 rings (SSSR count). The number of aromatic amines is 1. The minimum absolute atomic E-state index is 0.136. The van der Waals surface area contributed by atoms with E-state index in [1.165, 1.54) is 12.1 Å². The van der Waals surface area contributed by atoms with Gasteiger partial charge >= 0.3 is 0 Å². The molecule has 3 aromatic heterocycles. The summed E-state index contributed by atoms with van der Waals surface area (Å²) in [5, 5.41) is 15.1. The van der Waals surface area contributed by atoms with E-state index in [0.29, 0.717) is 43.8 Å². The molecule has 9 nitrogen and oxygen atoms in total. The molecule has 1 aromatic carbocycles. The van der Waals surface area contributed by atoms with E-state index < -0.39 is 5.41 Å². The van der Waals surface area contributed by atoms with Gasteiger partial charge in [0.2, 0.25) is 11.9 Å². The predicted molar refractivity (Wildman–Crippen MR) is 126 cm³/mol. The number of benzene rings is 1. The number of carbonyl (C=O) groups is 1. The van der Waals surface area contributed by atoms with Crippen molar-refractivity contribution in [2.75, 3.05) is 36.4 Å². The summed E-state index contributed by atoms with van der Waals surface area (Å²) in [7, 11) is 0. The molecule has 2 N–H and O–H groups in total. The van der Waals surface area contributed by atoms with Crippen LogP contribution in [0.3, 0.4) is 0 Å². The maximum atomic E-state index is 13.4. The lowest BCUT2D eigenvalue weighted by Crippen LogP contribution is -2.52. The number of H-pyrrole nitrogens is 1. The summed E-state index contributed by atoms with van der Waals surface area (Å²) in [6.45, 7) is 4.41. The number of carbonyl (C=O) groups excluding carboxylic acids is 1. The Hall–Kier alpha value is -3.95. The third-order valence-corrected chi connectivity index (χ3v) is 6.74. The number of piperazine rings is 1. The zero-order chi connectivity index (χ0) is 23.3. The normalized spacial score (nSPS) is 17.2. The van der Waals surface area contributed by atoms with Crippen LogP contribution in [-0.2, 0) is 10.2 Å². The van der Waals surface area contributed by atoms with E-state index in [2.05, 4.69) is 25.5 Å². The van der Waals surface area contributed by atoms with Crippen molar-refractivity contribution >= 4 is 29.0 Å². The standard InChI is InChI=1S/C24H25FN8O/c1-16-15-20(29-28-16)26-21-19-3-2-10-33(19)30-23(27-21)32-13-11-31(12-14-32)22(34)24(8-9-24)17-4-6-18(25)7-5-17/h2-7,10,15H,8-9,11-14H2,1H3,(H2,26,27,28,29,30). The van der Waals surface area contributed by atoms with Crippen LogP contribution in [0, 0.1) is 12.7 Å². The smallest absolute Gasteiger partial charge is 0.245 e. The number of hydrogen-bond acceptors (Lipinski definition) is 6. The Morgan fingerprint density at radius 2 is 1.88 bits per heavy atom. The highest BCUT2D eigenvalue weighted by Crippen LogP contribution is 2.49. The molecule has 174 valence electrons. The quantitative estimate of drug-likeness (QED) is 0.476. The minimum Gasteiger partial charge on any atom is -0.338 e. The number of hydrogen-bond donors (Lipinski definition) is 2. The number of anilines is 3. The Balaban J connectivity index is 1.19. The van der Waals surface area contributed by atoms with Crippen LogP contribution in [0.4, 0.5) is 22.0 Å². The minimum atomic E-state index is -0.491. The van der Waals surface area contributed by atoms with Crippen molar-refractivity contribution in [1.82, 2.24) is 29.7 Å². The van der Waals surface area contributed by atoms with Gasteiger partial charge in [-0.1, -0.05) is 12.1 Å². The van der Waals surface area contributed by atoms with Crippen molar-refractivity contribution in [3.8, 4) is 0 Å². The lowest BCUT2D eigenvalue weighted by Gasteiger charge is -2.36. The molecule has 10 heteroatoms. The Bertz CT molecular complexity index is 1350.